The fourth-order valence-corrected chi connectivity index (χ4v) is 3.83. The first-order chi connectivity index (χ1) is 15.0. The van der Waals surface area contributed by atoms with E-state index in [0.29, 0.717) is 29.5 Å². The Hall–Kier alpha value is -3.81. The summed E-state index contributed by atoms with van der Waals surface area (Å²) in [5, 5.41) is 12.6. The fraction of sp³-hybridized carbons (Fsp3) is 0.261. The lowest BCUT2D eigenvalue weighted by Gasteiger charge is -2.38. The van der Waals surface area contributed by atoms with Crippen molar-refractivity contribution in [2.45, 2.75) is 33.2 Å². The van der Waals surface area contributed by atoms with Gasteiger partial charge in [0.15, 0.2) is 0 Å². The highest BCUT2D eigenvalue weighted by molar-refractivity contribution is 5.98. The highest BCUT2D eigenvalue weighted by atomic mass is 16.5. The molecule has 5 rings (SSSR count). The predicted octanol–water partition coefficient (Wildman–Crippen LogP) is 3.83. The van der Waals surface area contributed by atoms with Crippen LogP contribution in [-0.2, 0) is 0 Å². The number of aromatic nitrogens is 5. The van der Waals surface area contributed by atoms with Gasteiger partial charge in [-0.25, -0.2) is 0 Å². The molecule has 8 nitrogen and oxygen atoms in total. The maximum absolute atomic E-state index is 13.4. The van der Waals surface area contributed by atoms with Crippen molar-refractivity contribution in [3.63, 3.8) is 0 Å². The van der Waals surface area contributed by atoms with E-state index in [9.17, 15) is 4.79 Å². The number of hydrogen-bond acceptors (Lipinski definition) is 6. The van der Waals surface area contributed by atoms with Gasteiger partial charge in [-0.2, -0.15) is 20.0 Å². The van der Waals surface area contributed by atoms with Crippen molar-refractivity contribution in [1.82, 2.24) is 30.0 Å². The van der Waals surface area contributed by atoms with E-state index in [1.54, 1.807) is 17.3 Å². The molecule has 1 saturated heterocycles. The number of carbonyl (C=O) groups excluding carboxylic acids is 1. The fourth-order valence-electron chi connectivity index (χ4n) is 3.83. The molecule has 0 radical (unpaired) electrons. The number of nitrogens with zero attached hydrogens (tertiary/aromatic N) is 6. The first kappa shape index (κ1) is 19.2. The van der Waals surface area contributed by atoms with Crippen LogP contribution in [0.4, 0.5) is 0 Å². The van der Waals surface area contributed by atoms with Gasteiger partial charge >= 0.3 is 0 Å². The molecule has 8 heteroatoms. The molecule has 1 aliphatic rings. The van der Waals surface area contributed by atoms with Crippen molar-refractivity contribution < 1.29 is 9.32 Å². The summed E-state index contributed by atoms with van der Waals surface area (Å²) in [5.74, 6) is 0.910. The van der Waals surface area contributed by atoms with Gasteiger partial charge in [0.1, 0.15) is 6.04 Å². The molecule has 2 aromatic carbocycles. The van der Waals surface area contributed by atoms with E-state index in [1.807, 2.05) is 51.1 Å². The second kappa shape index (κ2) is 7.46. The minimum atomic E-state index is -0.238. The van der Waals surface area contributed by atoms with Crippen LogP contribution in [0.3, 0.4) is 0 Å². The summed E-state index contributed by atoms with van der Waals surface area (Å²) < 4.78 is 5.58. The van der Waals surface area contributed by atoms with Crippen LogP contribution in [0.25, 0.3) is 17.1 Å². The van der Waals surface area contributed by atoms with Gasteiger partial charge in [0.05, 0.1) is 23.6 Å². The van der Waals surface area contributed by atoms with Crippen molar-refractivity contribution in [2.24, 2.45) is 0 Å². The Morgan fingerprint density at radius 1 is 1.03 bits per heavy atom. The van der Waals surface area contributed by atoms with E-state index < -0.39 is 0 Å². The topological polar surface area (TPSA) is 89.9 Å². The quantitative estimate of drug-likeness (QED) is 0.504. The van der Waals surface area contributed by atoms with Gasteiger partial charge in [-0.15, -0.1) is 0 Å². The zero-order chi connectivity index (χ0) is 21.5. The Morgan fingerprint density at radius 3 is 2.52 bits per heavy atom. The summed E-state index contributed by atoms with van der Waals surface area (Å²) in [6, 6.07) is 11.6. The molecular formula is C23H22N6O2. The van der Waals surface area contributed by atoms with E-state index >= 15 is 0 Å². The number of carbonyl (C=O) groups is 1. The van der Waals surface area contributed by atoms with Crippen LogP contribution in [0.2, 0.25) is 0 Å². The largest absolute Gasteiger partial charge is 0.337 e. The first-order valence-corrected chi connectivity index (χ1v) is 10.2. The summed E-state index contributed by atoms with van der Waals surface area (Å²) in [6.45, 7) is 6.64. The molecule has 156 valence electrons. The molecule has 4 aromatic rings. The lowest BCUT2D eigenvalue weighted by atomic mass is 9.99. The summed E-state index contributed by atoms with van der Waals surface area (Å²) in [5.41, 5.74) is 5.34. The second-order valence-corrected chi connectivity index (χ2v) is 7.92. The lowest BCUT2D eigenvalue weighted by Crippen LogP contribution is -2.45. The average Bonchev–Trinajstić information content (AvgIpc) is 3.41. The number of benzene rings is 2. The molecule has 0 saturated carbocycles. The minimum absolute atomic E-state index is 0.0984. The number of hydrogen-bond donors (Lipinski definition) is 0. The third-order valence-electron chi connectivity index (χ3n) is 5.66. The number of amides is 1. The zero-order valence-corrected chi connectivity index (χ0v) is 17.6. The van der Waals surface area contributed by atoms with Crippen LogP contribution in [0.1, 0.15) is 45.4 Å². The average molecular weight is 414 g/mol. The SMILES string of the molecule is Cc1ccc(-n2nccn2)c(C(=O)N2CCC2c2nc(-c3cc(C)ccc3C)no2)c1. The van der Waals surface area contributed by atoms with Gasteiger partial charge in [0, 0.05) is 12.1 Å². The minimum Gasteiger partial charge on any atom is -0.337 e. The third-order valence-corrected chi connectivity index (χ3v) is 5.66. The van der Waals surface area contributed by atoms with Crippen LogP contribution < -0.4 is 0 Å². The highest BCUT2D eigenvalue weighted by Crippen LogP contribution is 2.35. The number of aryl methyl sites for hydroxylation is 3. The number of likely N-dealkylation sites (tertiary alicyclic amines) is 1. The van der Waals surface area contributed by atoms with Gasteiger partial charge in [0.2, 0.25) is 11.7 Å². The molecular weight excluding hydrogens is 392 g/mol. The van der Waals surface area contributed by atoms with E-state index in [1.165, 1.54) is 4.80 Å². The molecule has 1 fully saturated rings. The van der Waals surface area contributed by atoms with Gasteiger partial charge in [-0.1, -0.05) is 34.5 Å². The van der Waals surface area contributed by atoms with Crippen molar-refractivity contribution >= 4 is 5.91 Å². The maximum Gasteiger partial charge on any atom is 0.256 e. The Bertz CT molecular complexity index is 1260. The summed E-state index contributed by atoms with van der Waals surface area (Å²) in [4.78, 5) is 21.3. The van der Waals surface area contributed by atoms with Crippen LogP contribution >= 0.6 is 0 Å². The standard InChI is InChI=1S/C23H22N6O2/c1-14-4-6-16(3)17(12-14)21-26-22(31-27-21)20-8-11-28(20)23(30)18-13-15(2)5-7-19(18)29-24-9-10-25-29/h4-7,9-10,12-13,20H,8,11H2,1-3H3. The third kappa shape index (κ3) is 3.39. The summed E-state index contributed by atoms with van der Waals surface area (Å²) >= 11 is 0. The van der Waals surface area contributed by atoms with Crippen LogP contribution in [0.5, 0.6) is 0 Å². The molecule has 0 spiro atoms. The van der Waals surface area contributed by atoms with Crippen molar-refractivity contribution in [2.75, 3.05) is 6.54 Å². The van der Waals surface area contributed by atoms with E-state index in [2.05, 4.69) is 26.4 Å². The smallest absolute Gasteiger partial charge is 0.256 e. The monoisotopic (exact) mass is 414 g/mol. The first-order valence-electron chi connectivity index (χ1n) is 10.2. The molecule has 3 heterocycles. The molecule has 31 heavy (non-hydrogen) atoms. The summed E-state index contributed by atoms with van der Waals surface area (Å²) in [6.07, 6.45) is 3.96. The zero-order valence-electron chi connectivity index (χ0n) is 17.6. The van der Waals surface area contributed by atoms with Gasteiger partial charge in [-0.05, 0) is 51.0 Å². The lowest BCUT2D eigenvalue weighted by molar-refractivity contribution is 0.0378. The molecule has 1 amide bonds. The maximum atomic E-state index is 13.4. The van der Waals surface area contributed by atoms with Crippen molar-refractivity contribution in [1.29, 1.82) is 0 Å². The van der Waals surface area contributed by atoms with Gasteiger partial charge < -0.3 is 9.42 Å². The van der Waals surface area contributed by atoms with E-state index in [0.717, 1.165) is 28.7 Å². The summed E-state index contributed by atoms with van der Waals surface area (Å²) in [7, 11) is 0. The van der Waals surface area contributed by atoms with E-state index in [-0.39, 0.29) is 11.9 Å². The Balaban J connectivity index is 1.44. The molecule has 0 bridgehead atoms. The van der Waals surface area contributed by atoms with Crippen molar-refractivity contribution in [3.05, 3.63) is 76.9 Å². The van der Waals surface area contributed by atoms with Crippen LogP contribution in [0, 0.1) is 20.8 Å². The Kier molecular flexibility index (Phi) is 4.62. The molecule has 1 unspecified atom stereocenters. The van der Waals surface area contributed by atoms with Crippen molar-refractivity contribution in [3.8, 4) is 17.1 Å². The molecule has 1 aliphatic heterocycles. The number of rotatable bonds is 4. The highest BCUT2D eigenvalue weighted by Gasteiger charge is 2.39. The molecule has 0 N–H and O–H groups in total. The van der Waals surface area contributed by atoms with Gasteiger partial charge in [0.25, 0.3) is 5.91 Å². The van der Waals surface area contributed by atoms with Crippen LogP contribution in [-0.4, -0.2) is 42.5 Å². The van der Waals surface area contributed by atoms with E-state index in [4.69, 9.17) is 4.52 Å². The Labute approximate surface area is 179 Å². The van der Waals surface area contributed by atoms with Crippen LogP contribution in [0.15, 0.2) is 53.3 Å². The normalized spacial score (nSPS) is 15.7. The molecule has 0 aliphatic carbocycles. The predicted molar refractivity (Wildman–Crippen MR) is 114 cm³/mol. The molecule has 1 atom stereocenters. The Morgan fingerprint density at radius 2 is 1.77 bits per heavy atom. The second-order valence-electron chi connectivity index (χ2n) is 7.92. The molecule has 2 aromatic heterocycles. The van der Waals surface area contributed by atoms with Gasteiger partial charge in [-0.3, -0.25) is 4.79 Å².